The van der Waals surface area contributed by atoms with Crippen molar-refractivity contribution in [2.45, 2.75) is 44.7 Å². The van der Waals surface area contributed by atoms with Crippen LogP contribution in [0.25, 0.3) is 0 Å². The van der Waals surface area contributed by atoms with E-state index in [-0.39, 0.29) is 11.9 Å². The summed E-state index contributed by atoms with van der Waals surface area (Å²) in [5.41, 5.74) is 0.919. The van der Waals surface area contributed by atoms with Crippen LogP contribution in [0.2, 0.25) is 0 Å². The summed E-state index contributed by atoms with van der Waals surface area (Å²) in [6.45, 7) is 2.83. The fourth-order valence-corrected chi connectivity index (χ4v) is 2.87. The molecule has 1 aromatic rings. The van der Waals surface area contributed by atoms with Gasteiger partial charge in [-0.3, -0.25) is 9.69 Å². The molecule has 3 nitrogen and oxygen atoms in total. The van der Waals surface area contributed by atoms with Crippen molar-refractivity contribution >= 4 is 5.97 Å². The Bertz CT molecular complexity index is 450. The SMILES string of the molecule is CC(Cc1cccc(F)c1)N1CCCCC1C(=O)O. The summed E-state index contributed by atoms with van der Waals surface area (Å²) >= 11 is 0. The highest BCUT2D eigenvalue weighted by atomic mass is 19.1. The number of hydrogen-bond donors (Lipinski definition) is 1. The minimum absolute atomic E-state index is 0.114. The highest BCUT2D eigenvalue weighted by Crippen LogP contribution is 2.22. The second kappa shape index (κ2) is 6.15. The molecule has 1 aliphatic rings. The molecule has 4 heteroatoms. The number of carboxylic acids is 1. The Morgan fingerprint density at radius 3 is 3.00 bits per heavy atom. The van der Waals surface area contributed by atoms with Gasteiger partial charge in [0.1, 0.15) is 11.9 Å². The molecule has 2 rings (SSSR count). The number of piperidine rings is 1. The molecule has 0 spiro atoms. The van der Waals surface area contributed by atoms with Crippen molar-refractivity contribution in [1.82, 2.24) is 4.90 Å². The Balaban J connectivity index is 2.05. The van der Waals surface area contributed by atoms with Crippen LogP contribution >= 0.6 is 0 Å². The zero-order valence-electron chi connectivity index (χ0n) is 11.2. The molecule has 1 fully saturated rings. The molecular formula is C15H20FNO2. The van der Waals surface area contributed by atoms with Crippen LogP contribution in [-0.2, 0) is 11.2 Å². The van der Waals surface area contributed by atoms with E-state index >= 15 is 0 Å². The van der Waals surface area contributed by atoms with E-state index in [0.29, 0.717) is 12.8 Å². The molecule has 2 unspecified atom stereocenters. The van der Waals surface area contributed by atoms with E-state index < -0.39 is 12.0 Å². The first kappa shape index (κ1) is 14.0. The van der Waals surface area contributed by atoms with E-state index in [1.807, 2.05) is 17.9 Å². The highest BCUT2D eigenvalue weighted by molar-refractivity contribution is 5.73. The predicted molar refractivity (Wildman–Crippen MR) is 71.5 cm³/mol. The second-order valence-corrected chi connectivity index (χ2v) is 5.27. The van der Waals surface area contributed by atoms with E-state index in [1.54, 1.807) is 6.07 Å². The van der Waals surface area contributed by atoms with Crippen molar-refractivity contribution in [3.05, 3.63) is 35.6 Å². The molecule has 0 bridgehead atoms. The number of hydrogen-bond acceptors (Lipinski definition) is 2. The Labute approximate surface area is 113 Å². The number of carboxylic acid groups (broad SMARTS) is 1. The zero-order chi connectivity index (χ0) is 13.8. The lowest BCUT2D eigenvalue weighted by Gasteiger charge is -2.37. The third-order valence-electron chi connectivity index (χ3n) is 3.82. The van der Waals surface area contributed by atoms with Crippen molar-refractivity contribution in [3.63, 3.8) is 0 Å². The molecule has 104 valence electrons. The van der Waals surface area contributed by atoms with Crippen molar-refractivity contribution in [2.24, 2.45) is 0 Å². The van der Waals surface area contributed by atoms with Crippen LogP contribution in [0.5, 0.6) is 0 Å². The van der Waals surface area contributed by atoms with Crippen molar-refractivity contribution < 1.29 is 14.3 Å². The van der Waals surface area contributed by atoms with E-state index in [9.17, 15) is 14.3 Å². The first-order chi connectivity index (χ1) is 9.08. The zero-order valence-corrected chi connectivity index (χ0v) is 11.2. The fraction of sp³-hybridized carbons (Fsp3) is 0.533. The summed E-state index contributed by atoms with van der Waals surface area (Å²) < 4.78 is 13.2. The number of benzene rings is 1. The Kier molecular flexibility index (Phi) is 4.53. The molecule has 1 saturated heterocycles. The van der Waals surface area contributed by atoms with Gasteiger partial charge in [-0.15, -0.1) is 0 Å². The summed E-state index contributed by atoms with van der Waals surface area (Å²) in [4.78, 5) is 13.3. The van der Waals surface area contributed by atoms with Gasteiger partial charge < -0.3 is 5.11 Å². The quantitative estimate of drug-likeness (QED) is 0.910. The number of likely N-dealkylation sites (tertiary alicyclic amines) is 1. The summed E-state index contributed by atoms with van der Waals surface area (Å²) in [5.74, 6) is -0.982. The maximum atomic E-state index is 13.2. The van der Waals surface area contributed by atoms with Crippen LogP contribution in [0.1, 0.15) is 31.7 Å². The van der Waals surface area contributed by atoms with Gasteiger partial charge in [0.25, 0.3) is 0 Å². The molecular weight excluding hydrogens is 245 g/mol. The summed E-state index contributed by atoms with van der Waals surface area (Å²) in [6, 6.07) is 6.26. The van der Waals surface area contributed by atoms with Gasteiger partial charge in [0.05, 0.1) is 0 Å². The third-order valence-corrected chi connectivity index (χ3v) is 3.82. The highest BCUT2D eigenvalue weighted by Gasteiger charge is 2.31. The lowest BCUT2D eigenvalue weighted by atomic mass is 9.97. The average molecular weight is 265 g/mol. The van der Waals surface area contributed by atoms with Crippen LogP contribution in [0, 0.1) is 5.82 Å². The Morgan fingerprint density at radius 1 is 1.53 bits per heavy atom. The van der Waals surface area contributed by atoms with Gasteiger partial charge in [-0.05, 0) is 50.4 Å². The molecule has 1 aromatic carbocycles. The third kappa shape index (κ3) is 3.53. The molecule has 1 aliphatic heterocycles. The molecule has 1 heterocycles. The monoisotopic (exact) mass is 265 g/mol. The first-order valence-corrected chi connectivity index (χ1v) is 6.81. The van der Waals surface area contributed by atoms with Gasteiger partial charge in [0, 0.05) is 6.04 Å². The number of nitrogens with zero attached hydrogens (tertiary/aromatic N) is 1. The van der Waals surface area contributed by atoms with Gasteiger partial charge >= 0.3 is 5.97 Å². The lowest BCUT2D eigenvalue weighted by Crippen LogP contribution is -2.49. The smallest absolute Gasteiger partial charge is 0.320 e. The average Bonchev–Trinajstić information content (AvgIpc) is 2.38. The minimum Gasteiger partial charge on any atom is -0.480 e. The van der Waals surface area contributed by atoms with Crippen LogP contribution in [0.15, 0.2) is 24.3 Å². The standard InChI is InChI=1S/C15H20FNO2/c1-11(9-12-5-4-6-13(16)10-12)17-8-3-2-7-14(17)15(18)19/h4-6,10-11,14H,2-3,7-9H2,1H3,(H,18,19). The van der Waals surface area contributed by atoms with Crippen LogP contribution in [-0.4, -0.2) is 34.6 Å². The van der Waals surface area contributed by atoms with E-state index in [4.69, 9.17) is 0 Å². The van der Waals surface area contributed by atoms with Crippen LogP contribution in [0.3, 0.4) is 0 Å². The molecule has 19 heavy (non-hydrogen) atoms. The Hall–Kier alpha value is -1.42. The number of aliphatic carboxylic acids is 1. The van der Waals surface area contributed by atoms with Gasteiger partial charge in [0.15, 0.2) is 0 Å². The van der Waals surface area contributed by atoms with Gasteiger partial charge in [0.2, 0.25) is 0 Å². The van der Waals surface area contributed by atoms with E-state index in [2.05, 4.69) is 0 Å². The molecule has 2 atom stereocenters. The normalized spacial score (nSPS) is 22.1. The van der Waals surface area contributed by atoms with E-state index in [1.165, 1.54) is 12.1 Å². The van der Waals surface area contributed by atoms with Gasteiger partial charge in [-0.1, -0.05) is 18.6 Å². The van der Waals surface area contributed by atoms with Crippen LogP contribution < -0.4 is 0 Å². The van der Waals surface area contributed by atoms with Gasteiger partial charge in [-0.2, -0.15) is 0 Å². The number of halogens is 1. The maximum absolute atomic E-state index is 13.2. The van der Waals surface area contributed by atoms with Crippen molar-refractivity contribution in [1.29, 1.82) is 0 Å². The largest absolute Gasteiger partial charge is 0.480 e. The van der Waals surface area contributed by atoms with Gasteiger partial charge in [-0.25, -0.2) is 4.39 Å². The Morgan fingerprint density at radius 2 is 2.32 bits per heavy atom. The van der Waals surface area contributed by atoms with Crippen LogP contribution in [0.4, 0.5) is 4.39 Å². The molecule has 0 amide bonds. The summed E-state index contributed by atoms with van der Waals surface area (Å²) in [6.07, 6.45) is 3.40. The maximum Gasteiger partial charge on any atom is 0.320 e. The predicted octanol–water partition coefficient (Wildman–Crippen LogP) is 2.70. The molecule has 0 aliphatic carbocycles. The fourth-order valence-electron chi connectivity index (χ4n) is 2.87. The summed E-state index contributed by atoms with van der Waals surface area (Å²) in [5, 5.41) is 9.27. The van der Waals surface area contributed by atoms with Crippen molar-refractivity contribution in [2.75, 3.05) is 6.54 Å². The molecule has 1 N–H and O–H groups in total. The topological polar surface area (TPSA) is 40.5 Å². The summed E-state index contributed by atoms with van der Waals surface area (Å²) in [7, 11) is 0. The second-order valence-electron chi connectivity index (χ2n) is 5.27. The number of rotatable bonds is 4. The van der Waals surface area contributed by atoms with Crippen molar-refractivity contribution in [3.8, 4) is 0 Å². The van der Waals surface area contributed by atoms with E-state index in [0.717, 1.165) is 24.9 Å². The molecule has 0 radical (unpaired) electrons. The molecule has 0 aromatic heterocycles. The lowest BCUT2D eigenvalue weighted by molar-refractivity contribution is -0.145. The number of carbonyl (C=O) groups is 1. The first-order valence-electron chi connectivity index (χ1n) is 6.81. The minimum atomic E-state index is -0.745. The molecule has 0 saturated carbocycles.